The Bertz CT molecular complexity index is 625. The van der Waals surface area contributed by atoms with Gasteiger partial charge in [0, 0.05) is 12.6 Å². The fraction of sp³-hybridized carbons (Fsp3) is 0.611. The Morgan fingerprint density at radius 1 is 1.15 bits per heavy atom. The van der Waals surface area contributed by atoms with Gasteiger partial charge in [0.05, 0.1) is 11.3 Å². The molecular weight excluding hydrogens is 347 g/mol. The number of alkyl halides is 3. The second-order valence-electron chi connectivity index (χ2n) is 6.87. The zero-order valence-electron chi connectivity index (χ0n) is 14.5. The number of hydrogen-bond donors (Lipinski definition) is 3. The first-order valence-electron chi connectivity index (χ1n) is 9.08. The summed E-state index contributed by atoms with van der Waals surface area (Å²) in [6.45, 7) is 1.44. The van der Waals surface area contributed by atoms with Crippen molar-refractivity contribution in [1.82, 2.24) is 10.6 Å². The number of anilines is 1. The highest BCUT2D eigenvalue weighted by atomic mass is 19.4. The van der Waals surface area contributed by atoms with Gasteiger partial charge in [-0.25, -0.2) is 4.79 Å². The first-order valence-corrected chi connectivity index (χ1v) is 9.08. The van der Waals surface area contributed by atoms with Gasteiger partial charge in [-0.05, 0) is 44.0 Å². The molecule has 1 aromatic carbocycles. The van der Waals surface area contributed by atoms with Crippen molar-refractivity contribution in [1.29, 1.82) is 0 Å². The molecule has 8 heteroatoms. The largest absolute Gasteiger partial charge is 0.487 e. The predicted molar refractivity (Wildman–Crippen MR) is 92.4 cm³/mol. The molecule has 1 saturated carbocycles. The van der Waals surface area contributed by atoms with E-state index in [9.17, 15) is 18.0 Å². The number of carbonyl (C=O) groups excluding carboxylic acids is 1. The molecular formula is C18H24F3N3O2. The third-order valence-electron chi connectivity index (χ3n) is 4.80. The zero-order valence-corrected chi connectivity index (χ0v) is 14.5. The highest BCUT2D eigenvalue weighted by molar-refractivity contribution is 5.91. The Balaban J connectivity index is 1.73. The first kappa shape index (κ1) is 18.8. The molecule has 1 unspecified atom stereocenters. The number of nitrogens with one attached hydrogen (secondary N) is 3. The van der Waals surface area contributed by atoms with Crippen LogP contribution < -0.4 is 20.7 Å². The van der Waals surface area contributed by atoms with Crippen LogP contribution in [-0.2, 0) is 6.18 Å². The lowest BCUT2D eigenvalue weighted by Gasteiger charge is -2.24. The second-order valence-corrected chi connectivity index (χ2v) is 6.87. The van der Waals surface area contributed by atoms with Gasteiger partial charge in [-0.3, -0.25) is 0 Å². The maximum Gasteiger partial charge on any atom is 0.416 e. The molecule has 0 aromatic heterocycles. The summed E-state index contributed by atoms with van der Waals surface area (Å²) in [4.78, 5) is 12.3. The molecule has 3 N–H and O–H groups in total. The van der Waals surface area contributed by atoms with Crippen LogP contribution in [0.1, 0.15) is 44.1 Å². The minimum Gasteiger partial charge on any atom is -0.487 e. The number of carbonyl (C=O) groups is 1. The van der Waals surface area contributed by atoms with Gasteiger partial charge < -0.3 is 20.7 Å². The van der Waals surface area contributed by atoms with E-state index < -0.39 is 17.8 Å². The Kier molecular flexibility index (Phi) is 5.90. The topological polar surface area (TPSA) is 62.4 Å². The summed E-state index contributed by atoms with van der Waals surface area (Å²) in [6.07, 6.45) is 1.22. The van der Waals surface area contributed by atoms with Gasteiger partial charge in [-0.2, -0.15) is 13.2 Å². The molecule has 1 aliphatic carbocycles. The van der Waals surface area contributed by atoms with E-state index in [1.54, 1.807) is 0 Å². The highest BCUT2D eigenvalue weighted by Gasteiger charge is 2.32. The van der Waals surface area contributed by atoms with E-state index in [1.807, 2.05) is 0 Å². The molecule has 1 aromatic rings. The Morgan fingerprint density at radius 3 is 2.58 bits per heavy atom. The molecule has 1 atom stereocenters. The van der Waals surface area contributed by atoms with Crippen molar-refractivity contribution < 1.29 is 22.7 Å². The molecule has 2 amide bonds. The highest BCUT2D eigenvalue weighted by Crippen LogP contribution is 2.35. The molecule has 3 rings (SSSR count). The summed E-state index contributed by atoms with van der Waals surface area (Å²) in [5.41, 5.74) is -0.776. The van der Waals surface area contributed by atoms with Gasteiger partial charge >= 0.3 is 12.2 Å². The minimum atomic E-state index is -4.48. The van der Waals surface area contributed by atoms with Crippen LogP contribution in [0.25, 0.3) is 0 Å². The molecule has 1 heterocycles. The molecule has 2 aliphatic rings. The Morgan fingerprint density at radius 2 is 1.92 bits per heavy atom. The molecule has 0 spiro atoms. The fourth-order valence-electron chi connectivity index (χ4n) is 3.41. The van der Waals surface area contributed by atoms with Crippen LogP contribution in [0.5, 0.6) is 5.75 Å². The van der Waals surface area contributed by atoms with Crippen LogP contribution in [0.4, 0.5) is 23.7 Å². The van der Waals surface area contributed by atoms with E-state index in [-0.39, 0.29) is 23.6 Å². The summed E-state index contributed by atoms with van der Waals surface area (Å²) in [7, 11) is 0. The molecule has 144 valence electrons. The van der Waals surface area contributed by atoms with Crippen LogP contribution in [0.3, 0.4) is 0 Å². The van der Waals surface area contributed by atoms with Crippen molar-refractivity contribution in [2.45, 2.75) is 56.8 Å². The van der Waals surface area contributed by atoms with Crippen LogP contribution in [0.2, 0.25) is 0 Å². The minimum absolute atomic E-state index is 0.0417. The zero-order chi connectivity index (χ0) is 18.6. The average Bonchev–Trinajstić information content (AvgIpc) is 3.09. The third-order valence-corrected chi connectivity index (χ3v) is 4.80. The predicted octanol–water partition coefficient (Wildman–Crippen LogP) is 3.90. The van der Waals surface area contributed by atoms with Crippen molar-refractivity contribution in [3.8, 4) is 5.75 Å². The quantitative estimate of drug-likeness (QED) is 0.752. The van der Waals surface area contributed by atoms with E-state index in [0.717, 1.165) is 57.2 Å². The van der Waals surface area contributed by atoms with E-state index in [0.29, 0.717) is 6.54 Å². The van der Waals surface area contributed by atoms with Gasteiger partial charge in [-0.1, -0.05) is 19.3 Å². The maximum absolute atomic E-state index is 13.0. The standard InChI is InChI=1S/C18H24F3N3O2/c19-18(20,21)12-6-7-16(26-14-8-9-22-11-14)15(10-12)24-17(25)23-13-4-2-1-3-5-13/h6-7,10,13-14,22H,1-5,8-9,11H2,(H2,23,24,25). The van der Waals surface area contributed by atoms with E-state index in [4.69, 9.17) is 4.74 Å². The summed E-state index contributed by atoms with van der Waals surface area (Å²) in [6, 6.07) is 2.75. The third kappa shape index (κ3) is 5.03. The molecule has 1 saturated heterocycles. The Hall–Kier alpha value is -1.96. The summed E-state index contributed by atoms with van der Waals surface area (Å²) < 4.78 is 44.9. The van der Waals surface area contributed by atoms with E-state index in [1.165, 1.54) is 6.07 Å². The van der Waals surface area contributed by atoms with Gasteiger partial charge in [-0.15, -0.1) is 0 Å². The smallest absolute Gasteiger partial charge is 0.416 e. The first-order chi connectivity index (χ1) is 12.4. The lowest BCUT2D eigenvalue weighted by atomic mass is 9.96. The lowest BCUT2D eigenvalue weighted by molar-refractivity contribution is -0.137. The average molecular weight is 371 g/mol. The van der Waals surface area contributed by atoms with Crippen molar-refractivity contribution in [3.05, 3.63) is 23.8 Å². The van der Waals surface area contributed by atoms with Crippen molar-refractivity contribution in [3.63, 3.8) is 0 Å². The number of halogens is 3. The summed E-state index contributed by atoms with van der Waals surface area (Å²) in [5, 5.41) is 8.53. The molecule has 0 bridgehead atoms. The van der Waals surface area contributed by atoms with Gasteiger partial charge in [0.25, 0.3) is 0 Å². The van der Waals surface area contributed by atoms with Crippen LogP contribution >= 0.6 is 0 Å². The number of ether oxygens (including phenoxy) is 1. The SMILES string of the molecule is O=C(Nc1cc(C(F)(F)F)ccc1OC1CCNC1)NC1CCCCC1. The van der Waals surface area contributed by atoms with Crippen LogP contribution in [0, 0.1) is 0 Å². The van der Waals surface area contributed by atoms with Gasteiger partial charge in [0.15, 0.2) is 0 Å². The normalized spacial score (nSPS) is 21.4. The summed E-state index contributed by atoms with van der Waals surface area (Å²) >= 11 is 0. The van der Waals surface area contributed by atoms with E-state index >= 15 is 0 Å². The van der Waals surface area contributed by atoms with Crippen molar-refractivity contribution >= 4 is 11.7 Å². The maximum atomic E-state index is 13.0. The molecule has 26 heavy (non-hydrogen) atoms. The number of hydrogen-bond acceptors (Lipinski definition) is 3. The monoisotopic (exact) mass is 371 g/mol. The number of urea groups is 1. The fourth-order valence-corrected chi connectivity index (χ4v) is 3.41. The van der Waals surface area contributed by atoms with Crippen molar-refractivity contribution in [2.75, 3.05) is 18.4 Å². The lowest BCUT2D eigenvalue weighted by Crippen LogP contribution is -2.39. The number of rotatable bonds is 4. The second kappa shape index (κ2) is 8.16. The molecule has 5 nitrogen and oxygen atoms in total. The number of amides is 2. The molecule has 2 fully saturated rings. The van der Waals surface area contributed by atoms with Gasteiger partial charge in [0.2, 0.25) is 0 Å². The van der Waals surface area contributed by atoms with Crippen LogP contribution in [0.15, 0.2) is 18.2 Å². The van der Waals surface area contributed by atoms with Crippen molar-refractivity contribution in [2.24, 2.45) is 0 Å². The summed E-state index contributed by atoms with van der Waals surface area (Å²) in [5.74, 6) is 0.255. The molecule has 1 aliphatic heterocycles. The number of benzene rings is 1. The molecule has 0 radical (unpaired) electrons. The van der Waals surface area contributed by atoms with Crippen LogP contribution in [-0.4, -0.2) is 31.3 Å². The van der Waals surface area contributed by atoms with E-state index in [2.05, 4.69) is 16.0 Å². The Labute approximate surface area is 150 Å². The van der Waals surface area contributed by atoms with Gasteiger partial charge in [0.1, 0.15) is 11.9 Å².